The maximum Gasteiger partial charge on any atom is 0.271 e. The molecule has 4 rings (SSSR count). The van der Waals surface area contributed by atoms with E-state index in [-0.39, 0.29) is 5.41 Å². The summed E-state index contributed by atoms with van der Waals surface area (Å²) in [5, 5.41) is 0. The van der Waals surface area contributed by atoms with Crippen LogP contribution in [0.5, 0.6) is 0 Å². The molecule has 4 bridgehead atoms. The molecule has 156 valence electrons. The molecule has 4 fully saturated rings. The van der Waals surface area contributed by atoms with Crippen LogP contribution in [0, 0.1) is 23.2 Å². The topological polar surface area (TPSA) is 29.1 Å². The van der Waals surface area contributed by atoms with Crippen molar-refractivity contribution in [1.29, 1.82) is 0 Å². The molecule has 27 heavy (non-hydrogen) atoms. The summed E-state index contributed by atoms with van der Waals surface area (Å²) in [6.45, 7) is 6.59. The van der Waals surface area contributed by atoms with E-state index < -0.39 is 0 Å². The largest absolute Gasteiger partial charge is 0.271 e. The average molecular weight is 378 g/mol. The molecular weight excluding hydrogens is 332 g/mol. The molecule has 0 aliphatic heterocycles. The zero-order chi connectivity index (χ0) is 19.3. The number of rotatable bonds is 12. The number of quaternary nitrogens is 1. The first-order valence-electron chi connectivity index (χ1n) is 12.2. The highest BCUT2D eigenvalue weighted by molar-refractivity contribution is 5.82. The molecule has 4 aliphatic carbocycles. The summed E-state index contributed by atoms with van der Waals surface area (Å²) in [7, 11) is 2.24. The van der Waals surface area contributed by atoms with E-state index in [1.807, 2.05) is 0 Å². The Kier molecular flexibility index (Phi) is 7.27. The van der Waals surface area contributed by atoms with Crippen LogP contribution < -0.4 is 5.43 Å². The highest BCUT2D eigenvalue weighted by Crippen LogP contribution is 2.60. The summed E-state index contributed by atoms with van der Waals surface area (Å²) < 4.78 is 0.733. The van der Waals surface area contributed by atoms with Crippen LogP contribution in [0.2, 0.25) is 0 Å². The number of hydrogen-bond donors (Lipinski definition) is 1. The van der Waals surface area contributed by atoms with E-state index in [4.69, 9.17) is 0 Å². The van der Waals surface area contributed by atoms with Crippen molar-refractivity contribution >= 4 is 5.91 Å². The fourth-order valence-electron chi connectivity index (χ4n) is 6.64. The molecule has 0 radical (unpaired) electrons. The Morgan fingerprint density at radius 1 is 0.852 bits per heavy atom. The minimum Gasteiger partial charge on any atom is -0.269 e. The number of nitrogens with zero attached hydrogens (tertiary/aromatic N) is 1. The molecule has 4 saturated carbocycles. The van der Waals surface area contributed by atoms with Gasteiger partial charge in [-0.15, -0.1) is 0 Å². The Hall–Kier alpha value is -0.570. The van der Waals surface area contributed by atoms with Gasteiger partial charge < -0.3 is 0 Å². The van der Waals surface area contributed by atoms with Crippen LogP contribution >= 0.6 is 0 Å². The molecule has 0 aromatic rings. The lowest BCUT2D eigenvalue weighted by molar-refractivity contribution is -0.942. The molecule has 0 spiro atoms. The van der Waals surface area contributed by atoms with Crippen molar-refractivity contribution in [2.24, 2.45) is 23.2 Å². The number of amides is 1. The highest BCUT2D eigenvalue weighted by Gasteiger charge is 2.55. The van der Waals surface area contributed by atoms with Crippen LogP contribution in [0.25, 0.3) is 0 Å². The van der Waals surface area contributed by atoms with Gasteiger partial charge in [-0.1, -0.05) is 45.4 Å². The van der Waals surface area contributed by atoms with E-state index in [1.165, 1.54) is 89.9 Å². The SMILES string of the molecule is CCCCCCCCCC[N+](C)(CC)NC(=O)C12CC3CC(CC(C3)C1)C2. The van der Waals surface area contributed by atoms with Gasteiger partial charge in [0.2, 0.25) is 0 Å². The second-order valence-corrected chi connectivity index (χ2v) is 10.5. The van der Waals surface area contributed by atoms with E-state index in [1.54, 1.807) is 0 Å². The summed E-state index contributed by atoms with van der Waals surface area (Å²) in [5.41, 5.74) is 3.51. The Balaban J connectivity index is 1.42. The molecular formula is C24H45N2O+. The van der Waals surface area contributed by atoms with Crippen LogP contribution in [-0.4, -0.2) is 30.6 Å². The summed E-state index contributed by atoms with van der Waals surface area (Å²) in [6, 6.07) is 0. The van der Waals surface area contributed by atoms with E-state index in [9.17, 15) is 4.79 Å². The van der Waals surface area contributed by atoms with Crippen molar-refractivity contribution in [3.63, 3.8) is 0 Å². The van der Waals surface area contributed by atoms with E-state index in [0.717, 1.165) is 35.4 Å². The third kappa shape index (κ3) is 5.28. The maximum atomic E-state index is 13.4. The summed E-state index contributed by atoms with van der Waals surface area (Å²) in [5.74, 6) is 2.92. The van der Waals surface area contributed by atoms with Crippen LogP contribution in [0.15, 0.2) is 0 Å². The monoisotopic (exact) mass is 377 g/mol. The van der Waals surface area contributed by atoms with Crippen LogP contribution in [0.1, 0.15) is 104 Å². The zero-order valence-corrected chi connectivity index (χ0v) is 18.4. The van der Waals surface area contributed by atoms with Gasteiger partial charge >= 0.3 is 0 Å². The van der Waals surface area contributed by atoms with Gasteiger partial charge in [-0.3, -0.25) is 4.79 Å². The molecule has 0 aromatic carbocycles. The van der Waals surface area contributed by atoms with Crippen LogP contribution in [-0.2, 0) is 4.79 Å². The first-order valence-corrected chi connectivity index (χ1v) is 12.2. The van der Waals surface area contributed by atoms with Gasteiger partial charge in [0, 0.05) is 0 Å². The lowest BCUT2D eigenvalue weighted by atomic mass is 9.49. The van der Waals surface area contributed by atoms with Crippen LogP contribution in [0.4, 0.5) is 0 Å². The normalized spacial score (nSPS) is 33.8. The molecule has 0 saturated heterocycles. The molecule has 1 atom stereocenters. The van der Waals surface area contributed by atoms with Crippen molar-refractivity contribution < 1.29 is 9.39 Å². The Morgan fingerprint density at radius 2 is 1.33 bits per heavy atom. The first kappa shape index (κ1) is 21.1. The van der Waals surface area contributed by atoms with Gasteiger partial charge in [0.1, 0.15) is 6.54 Å². The van der Waals surface area contributed by atoms with Gasteiger partial charge in [0.15, 0.2) is 0 Å². The maximum absolute atomic E-state index is 13.4. The molecule has 3 nitrogen and oxygen atoms in total. The molecule has 4 aliphatic rings. The number of nitrogens with one attached hydrogen (secondary N) is 1. The summed E-state index contributed by atoms with van der Waals surface area (Å²) >= 11 is 0. The van der Waals surface area contributed by atoms with E-state index in [0.29, 0.717) is 5.91 Å². The number of carbonyl (C=O) groups is 1. The van der Waals surface area contributed by atoms with Gasteiger partial charge in [-0.05, 0) is 76.0 Å². The number of carbonyl (C=O) groups excluding carboxylic acids is 1. The zero-order valence-electron chi connectivity index (χ0n) is 18.4. The highest BCUT2D eigenvalue weighted by atomic mass is 16.2. The Bertz CT molecular complexity index is 453. The molecule has 3 heteroatoms. The predicted octanol–water partition coefficient (Wildman–Crippen LogP) is 5.84. The van der Waals surface area contributed by atoms with Crippen molar-refractivity contribution in [2.75, 3.05) is 20.1 Å². The Labute approximate surface area is 168 Å². The van der Waals surface area contributed by atoms with Gasteiger partial charge in [0.25, 0.3) is 5.91 Å². The lowest BCUT2D eigenvalue weighted by Crippen LogP contribution is -2.63. The standard InChI is InChI=1S/C24H44N2O/c1-4-6-7-8-9-10-11-12-13-26(3,5-2)25-23(27)24-17-20-14-21(18-24)16-22(15-20)19-24/h20-22H,4-19H2,1-3H3/p+1. The molecule has 0 heterocycles. The fourth-order valence-corrected chi connectivity index (χ4v) is 6.64. The van der Waals surface area contributed by atoms with E-state index >= 15 is 0 Å². The van der Waals surface area contributed by atoms with Gasteiger partial charge in [-0.2, -0.15) is 0 Å². The van der Waals surface area contributed by atoms with Gasteiger partial charge in [0.05, 0.1) is 19.0 Å². The second kappa shape index (κ2) is 9.29. The lowest BCUT2D eigenvalue weighted by Gasteiger charge is -2.56. The predicted molar refractivity (Wildman–Crippen MR) is 113 cm³/mol. The Morgan fingerprint density at radius 3 is 1.81 bits per heavy atom. The number of unbranched alkanes of at least 4 members (excludes halogenated alkanes) is 7. The minimum atomic E-state index is -0.0112. The van der Waals surface area contributed by atoms with Crippen LogP contribution in [0.3, 0.4) is 0 Å². The molecule has 1 N–H and O–H groups in total. The third-order valence-electron chi connectivity index (χ3n) is 8.09. The van der Waals surface area contributed by atoms with E-state index in [2.05, 4.69) is 26.3 Å². The number of hydrogen-bond acceptors (Lipinski definition) is 1. The quantitative estimate of drug-likeness (QED) is 0.258. The van der Waals surface area contributed by atoms with Crippen molar-refractivity contribution in [3.05, 3.63) is 0 Å². The second-order valence-electron chi connectivity index (χ2n) is 10.5. The summed E-state index contributed by atoms with van der Waals surface area (Å²) in [4.78, 5) is 13.4. The minimum absolute atomic E-state index is 0.0112. The van der Waals surface area contributed by atoms with Crippen molar-refractivity contribution in [3.8, 4) is 0 Å². The van der Waals surface area contributed by atoms with Gasteiger partial charge in [-0.25, -0.2) is 10.0 Å². The van der Waals surface area contributed by atoms with Crippen molar-refractivity contribution in [2.45, 2.75) is 104 Å². The third-order valence-corrected chi connectivity index (χ3v) is 8.09. The fraction of sp³-hybridized carbons (Fsp3) is 0.958. The first-order chi connectivity index (χ1) is 13.0. The molecule has 1 unspecified atom stereocenters. The van der Waals surface area contributed by atoms with Crippen molar-refractivity contribution in [1.82, 2.24) is 5.43 Å². The smallest absolute Gasteiger partial charge is 0.269 e. The molecule has 1 amide bonds. The molecule has 0 aromatic heterocycles. The average Bonchev–Trinajstić information content (AvgIpc) is 2.63. The summed E-state index contributed by atoms with van der Waals surface area (Å²) in [6.07, 6.45) is 18.6.